The van der Waals surface area contributed by atoms with E-state index in [1.807, 2.05) is 48.9 Å². The van der Waals surface area contributed by atoms with Gasteiger partial charge in [0.25, 0.3) is 0 Å². The number of carbonyl (C=O) groups excluding carboxylic acids is 1. The number of allylic oxidation sites excluding steroid dienone is 8. The smallest absolute Gasteiger partial charge is 0.237 e. The molecule has 1 aliphatic heterocycles. The Morgan fingerprint density at radius 1 is 1.20 bits per heavy atom. The summed E-state index contributed by atoms with van der Waals surface area (Å²) >= 11 is 0. The summed E-state index contributed by atoms with van der Waals surface area (Å²) in [6.07, 6.45) is 15.7. The zero-order valence-corrected chi connectivity index (χ0v) is 8.26. The van der Waals surface area contributed by atoms with Gasteiger partial charge in [-0.3, -0.25) is 4.79 Å². The number of carbonyl (C=O) groups is 1. The maximum atomic E-state index is 10.8. The molecule has 1 heterocycles. The predicted molar refractivity (Wildman–Crippen MR) is 59.5 cm³/mol. The largest absolute Gasteiger partial charge is 0.368 e. The molecular weight excluding hydrogens is 188 g/mol. The van der Waals surface area contributed by atoms with Crippen LogP contribution in [0.5, 0.6) is 0 Å². The van der Waals surface area contributed by atoms with Crippen LogP contribution in [-0.4, -0.2) is 17.4 Å². The molecule has 0 spiro atoms. The van der Waals surface area contributed by atoms with Crippen molar-refractivity contribution in [2.75, 3.05) is 6.54 Å². The molecule has 1 aliphatic carbocycles. The number of nitrogens with two attached hydrogens (primary N) is 1. The second-order valence-electron chi connectivity index (χ2n) is 3.40. The van der Waals surface area contributed by atoms with Gasteiger partial charge in [-0.15, -0.1) is 0 Å². The molecule has 2 N–H and O–H groups in total. The summed E-state index contributed by atoms with van der Waals surface area (Å²) in [7, 11) is 0. The van der Waals surface area contributed by atoms with E-state index in [1.165, 1.54) is 0 Å². The molecule has 0 aromatic carbocycles. The van der Waals surface area contributed by atoms with Gasteiger partial charge in [-0.05, 0) is 17.2 Å². The Balaban J connectivity index is 2.22. The third kappa shape index (κ3) is 2.26. The Morgan fingerprint density at radius 2 is 2.07 bits per heavy atom. The number of hydrogen-bond donors (Lipinski definition) is 1. The van der Waals surface area contributed by atoms with Crippen molar-refractivity contribution in [2.24, 2.45) is 5.73 Å². The van der Waals surface area contributed by atoms with Gasteiger partial charge in [0.15, 0.2) is 0 Å². The van der Waals surface area contributed by atoms with Gasteiger partial charge >= 0.3 is 0 Å². The van der Waals surface area contributed by atoms with Crippen molar-refractivity contribution in [2.45, 2.75) is 0 Å². The molecule has 3 nitrogen and oxygen atoms in total. The molecule has 3 heteroatoms. The fourth-order valence-electron chi connectivity index (χ4n) is 1.52. The maximum Gasteiger partial charge on any atom is 0.237 e. The highest BCUT2D eigenvalue weighted by atomic mass is 16.1. The van der Waals surface area contributed by atoms with Crippen LogP contribution >= 0.6 is 0 Å². The molecule has 2 aliphatic rings. The van der Waals surface area contributed by atoms with Gasteiger partial charge in [-0.25, -0.2) is 0 Å². The predicted octanol–water partition coefficient (Wildman–Crippen LogP) is 1.24. The van der Waals surface area contributed by atoms with Crippen LogP contribution < -0.4 is 5.73 Å². The van der Waals surface area contributed by atoms with E-state index in [2.05, 4.69) is 0 Å². The Labute approximate surface area is 88.6 Å². The molecule has 0 radical (unpaired) electrons. The fourth-order valence-corrected chi connectivity index (χ4v) is 1.52. The van der Waals surface area contributed by atoms with Crippen molar-refractivity contribution < 1.29 is 4.79 Å². The summed E-state index contributed by atoms with van der Waals surface area (Å²) < 4.78 is 0. The van der Waals surface area contributed by atoms with Gasteiger partial charge in [0.05, 0.1) is 0 Å². The zero-order chi connectivity index (χ0) is 10.7. The molecule has 0 aromatic heterocycles. The minimum Gasteiger partial charge on any atom is -0.368 e. The molecule has 1 amide bonds. The van der Waals surface area contributed by atoms with Crippen molar-refractivity contribution in [1.82, 2.24) is 4.90 Å². The molecule has 0 saturated carbocycles. The number of primary amides is 1. The van der Waals surface area contributed by atoms with E-state index in [9.17, 15) is 4.79 Å². The highest BCUT2D eigenvalue weighted by Gasteiger charge is 2.09. The average Bonchev–Trinajstić information content (AvgIpc) is 2.41. The van der Waals surface area contributed by atoms with Crippen LogP contribution in [0.15, 0.2) is 60.0 Å². The molecule has 2 rings (SSSR count). The number of hydrogen-bond acceptors (Lipinski definition) is 2. The van der Waals surface area contributed by atoms with Crippen LogP contribution in [0, 0.1) is 0 Å². The summed E-state index contributed by atoms with van der Waals surface area (Å²) in [6.45, 7) is 0.217. The van der Waals surface area contributed by atoms with E-state index < -0.39 is 0 Å². The Kier molecular flexibility index (Phi) is 2.54. The normalized spacial score (nSPS) is 18.0. The molecule has 0 atom stereocenters. The van der Waals surface area contributed by atoms with Crippen LogP contribution in [0.2, 0.25) is 0 Å². The first-order chi connectivity index (χ1) is 7.25. The van der Waals surface area contributed by atoms with Crippen molar-refractivity contribution >= 4 is 5.91 Å². The summed E-state index contributed by atoms with van der Waals surface area (Å²) in [4.78, 5) is 12.6. The van der Waals surface area contributed by atoms with E-state index in [-0.39, 0.29) is 12.5 Å². The molecule has 0 bridgehead atoms. The molecule has 0 unspecified atom stereocenters. The second-order valence-corrected chi connectivity index (χ2v) is 3.40. The van der Waals surface area contributed by atoms with Crippen LogP contribution in [0.3, 0.4) is 0 Å². The Hall–Kier alpha value is -2.03. The summed E-state index contributed by atoms with van der Waals surface area (Å²) in [6, 6.07) is 0. The van der Waals surface area contributed by atoms with E-state index in [4.69, 9.17) is 5.73 Å². The van der Waals surface area contributed by atoms with Gasteiger partial charge in [0.2, 0.25) is 5.91 Å². The second kappa shape index (κ2) is 4.00. The Bertz CT molecular complexity index is 425. The number of fused-ring (bicyclic) bond motifs is 1. The van der Waals surface area contributed by atoms with E-state index in [1.54, 1.807) is 4.90 Å². The highest BCUT2D eigenvalue weighted by Crippen LogP contribution is 2.21. The van der Waals surface area contributed by atoms with Crippen molar-refractivity contribution in [3.63, 3.8) is 0 Å². The molecule has 0 aromatic rings. The lowest BCUT2D eigenvalue weighted by Gasteiger charge is -2.19. The number of nitrogens with zero attached hydrogens (tertiary/aromatic N) is 1. The minimum atomic E-state index is -0.334. The van der Waals surface area contributed by atoms with Gasteiger partial charge in [0.1, 0.15) is 6.54 Å². The van der Waals surface area contributed by atoms with Crippen LogP contribution in [0.25, 0.3) is 0 Å². The molecule has 0 saturated heterocycles. The lowest BCUT2D eigenvalue weighted by Crippen LogP contribution is -2.27. The van der Waals surface area contributed by atoms with E-state index >= 15 is 0 Å². The first-order valence-electron chi connectivity index (χ1n) is 4.75. The first kappa shape index (κ1) is 9.52. The van der Waals surface area contributed by atoms with Gasteiger partial charge in [-0.2, -0.15) is 0 Å². The summed E-state index contributed by atoms with van der Waals surface area (Å²) in [5, 5.41) is 0. The van der Waals surface area contributed by atoms with E-state index in [0.29, 0.717) is 0 Å². The highest BCUT2D eigenvalue weighted by molar-refractivity contribution is 5.76. The maximum absolute atomic E-state index is 10.8. The van der Waals surface area contributed by atoms with Gasteiger partial charge < -0.3 is 10.6 Å². The molecule has 76 valence electrons. The average molecular weight is 200 g/mol. The number of rotatable bonds is 2. The summed E-state index contributed by atoms with van der Waals surface area (Å²) in [5.41, 5.74) is 7.36. The van der Waals surface area contributed by atoms with Crippen LogP contribution in [0.1, 0.15) is 0 Å². The summed E-state index contributed by atoms with van der Waals surface area (Å²) in [5.74, 6) is -0.334. The lowest BCUT2D eigenvalue weighted by molar-refractivity contribution is -0.118. The quantitative estimate of drug-likeness (QED) is 0.729. The third-order valence-electron chi connectivity index (χ3n) is 2.20. The fraction of sp³-hybridized carbons (Fsp3) is 0.0833. The van der Waals surface area contributed by atoms with Crippen LogP contribution in [0.4, 0.5) is 0 Å². The van der Waals surface area contributed by atoms with Crippen molar-refractivity contribution in [1.29, 1.82) is 0 Å². The van der Waals surface area contributed by atoms with Crippen LogP contribution in [-0.2, 0) is 4.79 Å². The van der Waals surface area contributed by atoms with E-state index in [0.717, 1.165) is 11.1 Å². The third-order valence-corrected chi connectivity index (χ3v) is 2.20. The zero-order valence-electron chi connectivity index (χ0n) is 8.26. The number of amides is 1. The lowest BCUT2D eigenvalue weighted by atomic mass is 10.0. The van der Waals surface area contributed by atoms with Crippen molar-refractivity contribution in [3.8, 4) is 0 Å². The van der Waals surface area contributed by atoms with Gasteiger partial charge in [0, 0.05) is 12.4 Å². The molecular formula is C12H12N2O. The minimum absolute atomic E-state index is 0.217. The van der Waals surface area contributed by atoms with Crippen molar-refractivity contribution in [3.05, 3.63) is 60.0 Å². The topological polar surface area (TPSA) is 46.3 Å². The SMILES string of the molecule is NC(=O)CN1C=CC2=CC=CC=CC2=C1. The van der Waals surface area contributed by atoms with Gasteiger partial charge in [-0.1, -0.05) is 30.4 Å². The first-order valence-corrected chi connectivity index (χ1v) is 4.75. The monoisotopic (exact) mass is 200 g/mol. The standard InChI is InChI=1S/C12H12N2O/c13-12(15)9-14-7-6-10-4-2-1-3-5-11(10)8-14/h1-8H,9H2,(H2,13,15). The Morgan fingerprint density at radius 3 is 2.87 bits per heavy atom. The molecule has 0 fully saturated rings. The molecule has 15 heavy (non-hydrogen) atoms.